The first-order chi connectivity index (χ1) is 8.24. The number of carbonyl (C=O) groups is 1. The minimum atomic E-state index is 0.139. The summed E-state index contributed by atoms with van der Waals surface area (Å²) in [6.45, 7) is 3.25. The molecule has 0 unspecified atom stereocenters. The van der Waals surface area contributed by atoms with E-state index < -0.39 is 0 Å². The smallest absolute Gasteiger partial charge is 0.234 e. The van der Waals surface area contributed by atoms with E-state index in [1.165, 1.54) is 5.56 Å². The van der Waals surface area contributed by atoms with Crippen molar-refractivity contribution in [1.82, 2.24) is 10.2 Å². The van der Waals surface area contributed by atoms with E-state index in [2.05, 4.69) is 10.2 Å². The first-order valence-corrected chi connectivity index (χ1v) is 6.07. The normalized spacial score (nSPS) is 17.5. The lowest BCUT2D eigenvalue weighted by Gasteiger charge is -2.18. The van der Waals surface area contributed by atoms with Gasteiger partial charge in [-0.1, -0.05) is 12.1 Å². The van der Waals surface area contributed by atoms with Gasteiger partial charge in [0.1, 0.15) is 0 Å². The number of carbonyl (C=O) groups excluding carboxylic acids is 1. The minimum absolute atomic E-state index is 0.139. The number of amides is 1. The molecule has 1 aliphatic rings. The number of benzene rings is 1. The summed E-state index contributed by atoms with van der Waals surface area (Å²) in [5.74, 6) is 0.139. The van der Waals surface area contributed by atoms with Crippen molar-refractivity contribution in [3.63, 3.8) is 0 Å². The Hall–Kier alpha value is -1.55. The van der Waals surface area contributed by atoms with Gasteiger partial charge in [-0.3, -0.25) is 9.69 Å². The number of nitrogens with zero attached hydrogens (tertiary/aromatic N) is 1. The zero-order valence-electron chi connectivity index (χ0n) is 9.98. The molecule has 0 spiro atoms. The predicted molar refractivity (Wildman–Crippen MR) is 68.6 cm³/mol. The molecule has 1 fully saturated rings. The monoisotopic (exact) mass is 233 g/mol. The van der Waals surface area contributed by atoms with E-state index in [1.807, 2.05) is 24.3 Å². The average Bonchev–Trinajstić information content (AvgIpc) is 2.53. The zero-order chi connectivity index (χ0) is 12.1. The Labute approximate surface area is 102 Å². The van der Waals surface area contributed by atoms with Crippen LogP contribution in [-0.2, 0) is 11.2 Å². The van der Waals surface area contributed by atoms with Gasteiger partial charge in [0.15, 0.2) is 0 Å². The number of nitrogen functional groups attached to an aromatic ring is 1. The van der Waals surface area contributed by atoms with Crippen molar-refractivity contribution >= 4 is 11.6 Å². The summed E-state index contributed by atoms with van der Waals surface area (Å²) < 4.78 is 0. The summed E-state index contributed by atoms with van der Waals surface area (Å²) in [6, 6.07) is 7.94. The van der Waals surface area contributed by atoms with Crippen LogP contribution in [-0.4, -0.2) is 37.0 Å². The third kappa shape index (κ3) is 3.75. The Morgan fingerprint density at radius 1 is 1.29 bits per heavy atom. The molecular formula is C13H19N3O. The fourth-order valence-electron chi connectivity index (χ4n) is 2.03. The van der Waals surface area contributed by atoms with Gasteiger partial charge in [0.05, 0.1) is 6.54 Å². The summed E-state index contributed by atoms with van der Waals surface area (Å²) in [6.07, 6.45) is 2.00. The second-order valence-corrected chi connectivity index (χ2v) is 4.47. The first kappa shape index (κ1) is 11.9. The van der Waals surface area contributed by atoms with Crippen molar-refractivity contribution < 1.29 is 4.79 Å². The molecule has 92 valence electrons. The molecule has 1 aliphatic heterocycles. The van der Waals surface area contributed by atoms with Crippen molar-refractivity contribution in [3.05, 3.63) is 29.8 Å². The van der Waals surface area contributed by atoms with Crippen molar-refractivity contribution in [2.75, 3.05) is 31.9 Å². The molecule has 0 aromatic heterocycles. The number of nitrogens with two attached hydrogens (primary N) is 1. The van der Waals surface area contributed by atoms with Crippen LogP contribution in [0.2, 0.25) is 0 Å². The molecule has 0 saturated carbocycles. The molecule has 0 bridgehead atoms. The molecular weight excluding hydrogens is 214 g/mol. The molecule has 1 amide bonds. The third-order valence-corrected chi connectivity index (χ3v) is 3.04. The van der Waals surface area contributed by atoms with Crippen LogP contribution in [0.15, 0.2) is 24.3 Å². The molecule has 3 N–H and O–H groups in total. The highest BCUT2D eigenvalue weighted by atomic mass is 16.2. The van der Waals surface area contributed by atoms with Gasteiger partial charge in [-0.2, -0.15) is 0 Å². The first-order valence-electron chi connectivity index (χ1n) is 6.07. The highest BCUT2D eigenvalue weighted by molar-refractivity contribution is 5.78. The van der Waals surface area contributed by atoms with Crippen LogP contribution in [0.25, 0.3) is 0 Å². The summed E-state index contributed by atoms with van der Waals surface area (Å²) in [7, 11) is 0. The molecule has 1 aromatic carbocycles. The Balaban J connectivity index is 1.84. The second-order valence-electron chi connectivity index (χ2n) is 4.47. The van der Waals surface area contributed by atoms with E-state index in [0.717, 1.165) is 38.2 Å². The van der Waals surface area contributed by atoms with Gasteiger partial charge in [0, 0.05) is 25.3 Å². The lowest BCUT2D eigenvalue weighted by atomic mass is 10.1. The van der Waals surface area contributed by atoms with Crippen molar-refractivity contribution in [2.45, 2.75) is 12.8 Å². The Bertz CT molecular complexity index is 375. The van der Waals surface area contributed by atoms with E-state index in [1.54, 1.807) is 0 Å². The van der Waals surface area contributed by atoms with Gasteiger partial charge >= 0.3 is 0 Å². The van der Waals surface area contributed by atoms with Gasteiger partial charge in [-0.05, 0) is 30.5 Å². The summed E-state index contributed by atoms with van der Waals surface area (Å²) in [4.78, 5) is 13.6. The molecule has 17 heavy (non-hydrogen) atoms. The molecule has 1 saturated heterocycles. The quantitative estimate of drug-likeness (QED) is 0.753. The van der Waals surface area contributed by atoms with E-state index >= 15 is 0 Å². The van der Waals surface area contributed by atoms with Crippen LogP contribution in [0, 0.1) is 0 Å². The number of anilines is 1. The second kappa shape index (κ2) is 5.68. The third-order valence-electron chi connectivity index (χ3n) is 3.04. The van der Waals surface area contributed by atoms with Crippen LogP contribution >= 0.6 is 0 Å². The van der Waals surface area contributed by atoms with Crippen LogP contribution in [0.5, 0.6) is 0 Å². The summed E-state index contributed by atoms with van der Waals surface area (Å²) in [5.41, 5.74) is 7.70. The minimum Gasteiger partial charge on any atom is -0.399 e. The maximum absolute atomic E-state index is 11.4. The van der Waals surface area contributed by atoms with E-state index in [4.69, 9.17) is 5.73 Å². The van der Waals surface area contributed by atoms with Crippen molar-refractivity contribution in [1.29, 1.82) is 0 Å². The van der Waals surface area contributed by atoms with Crippen LogP contribution in [0.4, 0.5) is 5.69 Å². The van der Waals surface area contributed by atoms with Gasteiger partial charge in [-0.15, -0.1) is 0 Å². The Morgan fingerprint density at radius 2 is 2.06 bits per heavy atom. The maximum Gasteiger partial charge on any atom is 0.234 e. The largest absolute Gasteiger partial charge is 0.399 e. The van der Waals surface area contributed by atoms with E-state index in [9.17, 15) is 4.79 Å². The fraction of sp³-hybridized carbons (Fsp3) is 0.462. The molecule has 4 nitrogen and oxygen atoms in total. The van der Waals surface area contributed by atoms with Gasteiger partial charge in [0.2, 0.25) is 5.91 Å². The number of hydrogen-bond donors (Lipinski definition) is 2. The Morgan fingerprint density at radius 3 is 2.82 bits per heavy atom. The fourth-order valence-corrected chi connectivity index (χ4v) is 2.03. The Kier molecular flexibility index (Phi) is 3.98. The number of rotatable bonds is 3. The molecule has 2 rings (SSSR count). The lowest BCUT2D eigenvalue weighted by molar-refractivity contribution is -0.121. The summed E-state index contributed by atoms with van der Waals surface area (Å²) >= 11 is 0. The predicted octanol–water partition coefficient (Wildman–Crippen LogP) is 0.633. The van der Waals surface area contributed by atoms with Crippen LogP contribution in [0.3, 0.4) is 0 Å². The van der Waals surface area contributed by atoms with Gasteiger partial charge in [-0.25, -0.2) is 0 Å². The van der Waals surface area contributed by atoms with Crippen LogP contribution < -0.4 is 11.1 Å². The van der Waals surface area contributed by atoms with Crippen molar-refractivity contribution in [3.8, 4) is 0 Å². The maximum atomic E-state index is 11.4. The highest BCUT2D eigenvalue weighted by Gasteiger charge is 2.13. The SMILES string of the molecule is Nc1ccc(CCN2CCCNC(=O)C2)cc1. The number of hydrogen-bond acceptors (Lipinski definition) is 3. The molecule has 1 heterocycles. The molecule has 4 heteroatoms. The summed E-state index contributed by atoms with van der Waals surface area (Å²) in [5, 5.41) is 2.88. The highest BCUT2D eigenvalue weighted by Crippen LogP contribution is 2.07. The standard InChI is InChI=1S/C13H19N3O/c14-12-4-2-11(3-5-12)6-9-16-8-1-7-15-13(17)10-16/h2-5H,1,6-10,14H2,(H,15,17). The van der Waals surface area contributed by atoms with Gasteiger partial charge < -0.3 is 11.1 Å². The average molecular weight is 233 g/mol. The van der Waals surface area contributed by atoms with E-state index in [0.29, 0.717) is 6.54 Å². The van der Waals surface area contributed by atoms with Crippen molar-refractivity contribution in [2.24, 2.45) is 0 Å². The van der Waals surface area contributed by atoms with E-state index in [-0.39, 0.29) is 5.91 Å². The molecule has 0 aliphatic carbocycles. The molecule has 1 aromatic rings. The molecule has 0 atom stereocenters. The number of nitrogens with one attached hydrogen (secondary N) is 1. The van der Waals surface area contributed by atoms with Crippen LogP contribution in [0.1, 0.15) is 12.0 Å². The topological polar surface area (TPSA) is 58.4 Å². The lowest BCUT2D eigenvalue weighted by Crippen LogP contribution is -2.34. The zero-order valence-corrected chi connectivity index (χ0v) is 9.98. The van der Waals surface area contributed by atoms with Gasteiger partial charge in [0.25, 0.3) is 0 Å². The molecule has 0 radical (unpaired) electrons.